The fourth-order valence-electron chi connectivity index (χ4n) is 1.57. The van der Waals surface area contributed by atoms with E-state index in [1.807, 2.05) is 0 Å². The number of carboxylic acid groups (broad SMARTS) is 1. The molecule has 2 rings (SSSR count). The van der Waals surface area contributed by atoms with Crippen LogP contribution in [0.25, 0.3) is 0 Å². The summed E-state index contributed by atoms with van der Waals surface area (Å²) in [6.45, 7) is 0.289. The van der Waals surface area contributed by atoms with E-state index in [1.54, 1.807) is 6.20 Å². The molecular formula is C11H11FN4O4S. The van der Waals surface area contributed by atoms with Crippen LogP contribution < -0.4 is 4.72 Å². The first-order chi connectivity index (χ1) is 9.90. The number of carbonyl (C=O) groups is 1. The van der Waals surface area contributed by atoms with Crippen LogP contribution in [-0.2, 0) is 16.6 Å². The normalized spacial score (nSPS) is 11.5. The molecule has 112 valence electrons. The van der Waals surface area contributed by atoms with Crippen molar-refractivity contribution >= 4 is 16.0 Å². The first-order valence-corrected chi connectivity index (χ1v) is 7.25. The van der Waals surface area contributed by atoms with Gasteiger partial charge in [-0.25, -0.2) is 22.3 Å². The molecular weight excluding hydrogens is 303 g/mol. The minimum absolute atomic E-state index is 0.0332. The summed E-state index contributed by atoms with van der Waals surface area (Å²) in [5.74, 6) is -2.53. The molecule has 0 unspecified atom stereocenters. The highest BCUT2D eigenvalue weighted by atomic mass is 32.2. The van der Waals surface area contributed by atoms with Gasteiger partial charge < -0.3 is 5.11 Å². The summed E-state index contributed by atoms with van der Waals surface area (Å²) < 4.78 is 40.9. The zero-order valence-electron chi connectivity index (χ0n) is 10.6. The molecule has 0 saturated heterocycles. The molecule has 0 amide bonds. The van der Waals surface area contributed by atoms with Gasteiger partial charge in [-0.2, -0.15) is 0 Å². The third-order valence-electron chi connectivity index (χ3n) is 2.58. The van der Waals surface area contributed by atoms with Crippen LogP contribution in [0.2, 0.25) is 0 Å². The molecule has 0 radical (unpaired) electrons. The number of benzene rings is 1. The van der Waals surface area contributed by atoms with Gasteiger partial charge in [0.2, 0.25) is 10.0 Å². The summed E-state index contributed by atoms with van der Waals surface area (Å²) in [6.07, 6.45) is 3.02. The van der Waals surface area contributed by atoms with Gasteiger partial charge in [0, 0.05) is 12.7 Å². The van der Waals surface area contributed by atoms with E-state index in [0.29, 0.717) is 0 Å². The smallest absolute Gasteiger partial charge is 0.338 e. The predicted molar refractivity (Wildman–Crippen MR) is 68.6 cm³/mol. The van der Waals surface area contributed by atoms with Crippen LogP contribution in [0.15, 0.2) is 35.5 Å². The number of hydrogen-bond donors (Lipinski definition) is 2. The van der Waals surface area contributed by atoms with Crippen molar-refractivity contribution in [1.29, 1.82) is 0 Å². The Morgan fingerprint density at radius 3 is 2.81 bits per heavy atom. The van der Waals surface area contributed by atoms with Gasteiger partial charge in [-0.1, -0.05) is 5.21 Å². The molecule has 1 heterocycles. The van der Waals surface area contributed by atoms with Crippen molar-refractivity contribution in [3.8, 4) is 0 Å². The van der Waals surface area contributed by atoms with Gasteiger partial charge in [-0.3, -0.25) is 4.68 Å². The maximum atomic E-state index is 13.2. The summed E-state index contributed by atoms with van der Waals surface area (Å²) in [6, 6.07) is 2.57. The Bertz CT molecular complexity index is 746. The average molecular weight is 314 g/mol. The summed E-state index contributed by atoms with van der Waals surface area (Å²) in [5.41, 5.74) is -0.700. The molecule has 0 spiro atoms. The van der Waals surface area contributed by atoms with Crippen LogP contribution in [0, 0.1) is 5.82 Å². The molecule has 0 atom stereocenters. The molecule has 2 aromatic rings. The Balaban J connectivity index is 2.12. The second-order valence-corrected chi connectivity index (χ2v) is 5.78. The van der Waals surface area contributed by atoms with Gasteiger partial charge >= 0.3 is 5.97 Å². The number of aromatic nitrogens is 3. The van der Waals surface area contributed by atoms with Crippen LogP contribution in [0.3, 0.4) is 0 Å². The number of hydrogen-bond acceptors (Lipinski definition) is 5. The first-order valence-electron chi connectivity index (χ1n) is 5.77. The molecule has 2 N–H and O–H groups in total. The molecule has 21 heavy (non-hydrogen) atoms. The van der Waals surface area contributed by atoms with Gasteiger partial charge in [-0.05, 0) is 18.2 Å². The lowest BCUT2D eigenvalue weighted by Gasteiger charge is -2.07. The van der Waals surface area contributed by atoms with Crippen LogP contribution in [-0.4, -0.2) is 41.0 Å². The molecule has 0 fully saturated rings. The topological polar surface area (TPSA) is 114 Å². The van der Waals surface area contributed by atoms with E-state index in [2.05, 4.69) is 15.0 Å². The highest BCUT2D eigenvalue weighted by molar-refractivity contribution is 7.89. The maximum absolute atomic E-state index is 13.2. The fourth-order valence-corrected chi connectivity index (χ4v) is 2.61. The summed E-state index contributed by atoms with van der Waals surface area (Å²) >= 11 is 0. The highest BCUT2D eigenvalue weighted by Gasteiger charge is 2.18. The number of nitrogens with one attached hydrogen (secondary N) is 1. The highest BCUT2D eigenvalue weighted by Crippen LogP contribution is 2.15. The van der Waals surface area contributed by atoms with Gasteiger partial charge in [0.05, 0.1) is 23.2 Å². The Kier molecular flexibility index (Phi) is 4.29. The lowest BCUT2D eigenvalue weighted by Crippen LogP contribution is -2.28. The van der Waals surface area contributed by atoms with E-state index in [0.717, 1.165) is 18.2 Å². The number of halogens is 1. The van der Waals surface area contributed by atoms with Crippen LogP contribution in [0.4, 0.5) is 4.39 Å². The molecule has 1 aromatic heterocycles. The minimum Gasteiger partial charge on any atom is -0.478 e. The zero-order valence-corrected chi connectivity index (χ0v) is 11.4. The van der Waals surface area contributed by atoms with E-state index in [1.165, 1.54) is 10.9 Å². The van der Waals surface area contributed by atoms with Gasteiger partial charge in [0.25, 0.3) is 0 Å². The van der Waals surface area contributed by atoms with E-state index in [4.69, 9.17) is 5.11 Å². The third-order valence-corrected chi connectivity index (χ3v) is 4.04. The van der Waals surface area contributed by atoms with Crippen LogP contribution >= 0.6 is 0 Å². The van der Waals surface area contributed by atoms with E-state index in [9.17, 15) is 17.6 Å². The molecule has 8 nitrogen and oxygen atoms in total. The quantitative estimate of drug-likeness (QED) is 0.781. The lowest BCUT2D eigenvalue weighted by atomic mass is 10.2. The number of carboxylic acids is 1. The Morgan fingerprint density at radius 1 is 1.43 bits per heavy atom. The molecule has 10 heteroatoms. The SMILES string of the molecule is O=C(O)c1cc(S(=O)(=O)NCCn2ccnn2)ccc1F. The number of rotatable bonds is 6. The predicted octanol–water partition coefficient (Wildman–Crippen LogP) is 0.0939. The van der Waals surface area contributed by atoms with E-state index in [-0.39, 0.29) is 18.0 Å². The largest absolute Gasteiger partial charge is 0.478 e. The molecule has 0 aliphatic heterocycles. The third kappa shape index (κ3) is 3.61. The van der Waals surface area contributed by atoms with Crippen molar-refractivity contribution in [1.82, 2.24) is 19.7 Å². The summed E-state index contributed by atoms with van der Waals surface area (Å²) in [4.78, 5) is 10.5. The minimum atomic E-state index is -3.93. The maximum Gasteiger partial charge on any atom is 0.338 e. The summed E-state index contributed by atoms with van der Waals surface area (Å²) in [7, 11) is -3.93. The van der Waals surface area contributed by atoms with Crippen molar-refractivity contribution in [3.05, 3.63) is 42.0 Å². The number of aromatic carboxylic acids is 1. The van der Waals surface area contributed by atoms with Gasteiger partial charge in [0.15, 0.2) is 0 Å². The number of nitrogens with zero attached hydrogens (tertiary/aromatic N) is 3. The molecule has 0 bridgehead atoms. The van der Waals surface area contributed by atoms with E-state index >= 15 is 0 Å². The van der Waals surface area contributed by atoms with Gasteiger partial charge in [0.1, 0.15) is 5.82 Å². The zero-order chi connectivity index (χ0) is 15.5. The van der Waals surface area contributed by atoms with E-state index < -0.39 is 27.4 Å². The monoisotopic (exact) mass is 314 g/mol. The average Bonchev–Trinajstić information content (AvgIpc) is 2.91. The Morgan fingerprint density at radius 2 is 2.19 bits per heavy atom. The van der Waals surface area contributed by atoms with Crippen molar-refractivity contribution in [2.75, 3.05) is 6.54 Å². The molecule has 1 aromatic carbocycles. The standard InChI is InChI=1S/C11H11FN4O4S/c12-10-2-1-8(7-9(10)11(17)18)21(19,20)14-4-6-16-5-3-13-15-16/h1-3,5,7,14H,4,6H2,(H,17,18). The molecule has 0 aliphatic carbocycles. The van der Waals surface area contributed by atoms with Crippen molar-refractivity contribution < 1.29 is 22.7 Å². The summed E-state index contributed by atoms with van der Waals surface area (Å²) in [5, 5.41) is 16.0. The van der Waals surface area contributed by atoms with Crippen molar-refractivity contribution in [3.63, 3.8) is 0 Å². The van der Waals surface area contributed by atoms with Crippen molar-refractivity contribution in [2.24, 2.45) is 0 Å². The second kappa shape index (κ2) is 5.97. The van der Waals surface area contributed by atoms with Gasteiger partial charge in [-0.15, -0.1) is 5.10 Å². The molecule has 0 aliphatic rings. The lowest BCUT2D eigenvalue weighted by molar-refractivity contribution is 0.0691. The number of sulfonamides is 1. The fraction of sp³-hybridized carbons (Fsp3) is 0.182. The van der Waals surface area contributed by atoms with Crippen molar-refractivity contribution in [2.45, 2.75) is 11.4 Å². The Hall–Kier alpha value is -2.33. The molecule has 0 saturated carbocycles. The Labute approximate surface area is 119 Å². The first kappa shape index (κ1) is 15.1. The van der Waals surface area contributed by atoms with Crippen LogP contribution in [0.5, 0.6) is 0 Å². The second-order valence-electron chi connectivity index (χ2n) is 4.01. The van der Waals surface area contributed by atoms with Crippen LogP contribution in [0.1, 0.15) is 10.4 Å².